The summed E-state index contributed by atoms with van der Waals surface area (Å²) in [6, 6.07) is 9.70. The SMILES string of the molecule is CCCNC(CCC(F)(F)F)C(CC)c1ccccc1. The summed E-state index contributed by atoms with van der Waals surface area (Å²) < 4.78 is 37.4. The molecule has 1 rings (SSSR count). The highest BCUT2D eigenvalue weighted by atomic mass is 19.4. The highest BCUT2D eigenvalue weighted by Gasteiger charge is 2.30. The summed E-state index contributed by atoms with van der Waals surface area (Å²) >= 11 is 0. The van der Waals surface area contributed by atoms with Crippen LogP contribution in [0.1, 0.15) is 51.0 Å². The Balaban J connectivity index is 2.78. The zero-order valence-corrected chi connectivity index (χ0v) is 12.2. The zero-order chi connectivity index (χ0) is 15.0. The third-order valence-corrected chi connectivity index (χ3v) is 3.55. The number of hydrogen-bond donors (Lipinski definition) is 1. The molecule has 0 radical (unpaired) electrons. The number of nitrogens with one attached hydrogen (secondary N) is 1. The van der Waals surface area contributed by atoms with Crippen LogP contribution in [0.25, 0.3) is 0 Å². The normalized spacial score (nSPS) is 15.1. The summed E-state index contributed by atoms with van der Waals surface area (Å²) in [5, 5.41) is 3.29. The van der Waals surface area contributed by atoms with E-state index in [0.717, 1.165) is 24.9 Å². The smallest absolute Gasteiger partial charge is 0.313 e. The van der Waals surface area contributed by atoms with Crippen molar-refractivity contribution in [3.63, 3.8) is 0 Å². The second-order valence-electron chi connectivity index (χ2n) is 5.14. The van der Waals surface area contributed by atoms with Gasteiger partial charge in [0.2, 0.25) is 0 Å². The molecule has 2 unspecified atom stereocenters. The van der Waals surface area contributed by atoms with Gasteiger partial charge in [-0.15, -0.1) is 0 Å². The van der Waals surface area contributed by atoms with Crippen molar-refractivity contribution in [2.45, 2.75) is 57.7 Å². The van der Waals surface area contributed by atoms with Crippen LogP contribution in [0.5, 0.6) is 0 Å². The van der Waals surface area contributed by atoms with Gasteiger partial charge in [-0.25, -0.2) is 0 Å². The fraction of sp³-hybridized carbons (Fsp3) is 0.625. The van der Waals surface area contributed by atoms with E-state index >= 15 is 0 Å². The van der Waals surface area contributed by atoms with Gasteiger partial charge < -0.3 is 5.32 Å². The Bertz CT molecular complexity index is 362. The highest BCUT2D eigenvalue weighted by Crippen LogP contribution is 2.30. The average Bonchev–Trinajstić information content (AvgIpc) is 2.42. The van der Waals surface area contributed by atoms with Crippen LogP contribution < -0.4 is 5.32 Å². The molecule has 20 heavy (non-hydrogen) atoms. The molecule has 1 nitrogen and oxygen atoms in total. The summed E-state index contributed by atoms with van der Waals surface area (Å²) in [6.07, 6.45) is -2.91. The lowest BCUT2D eigenvalue weighted by Gasteiger charge is -2.28. The molecular weight excluding hydrogens is 263 g/mol. The van der Waals surface area contributed by atoms with E-state index in [1.165, 1.54) is 0 Å². The molecule has 0 aliphatic rings. The molecule has 0 fully saturated rings. The molecule has 0 spiro atoms. The van der Waals surface area contributed by atoms with Crippen molar-refractivity contribution in [2.75, 3.05) is 6.54 Å². The first-order chi connectivity index (χ1) is 9.48. The lowest BCUT2D eigenvalue weighted by atomic mass is 9.86. The topological polar surface area (TPSA) is 12.0 Å². The standard InChI is InChI=1S/C16H24F3N/c1-3-12-20-15(10-11-16(17,18)19)14(4-2)13-8-6-5-7-9-13/h5-9,14-15,20H,3-4,10-12H2,1-2H3. The minimum absolute atomic E-state index is 0.121. The number of halogens is 3. The van der Waals surface area contributed by atoms with Crippen LogP contribution in [0, 0.1) is 0 Å². The third kappa shape index (κ3) is 5.95. The van der Waals surface area contributed by atoms with Crippen molar-refractivity contribution >= 4 is 0 Å². The first-order valence-corrected chi connectivity index (χ1v) is 7.33. The summed E-state index contributed by atoms with van der Waals surface area (Å²) in [5.74, 6) is 0.130. The van der Waals surface area contributed by atoms with Gasteiger partial charge in [0.1, 0.15) is 0 Å². The van der Waals surface area contributed by atoms with E-state index in [2.05, 4.69) is 5.32 Å². The molecule has 4 heteroatoms. The largest absolute Gasteiger partial charge is 0.389 e. The summed E-state index contributed by atoms with van der Waals surface area (Å²) in [5.41, 5.74) is 1.12. The van der Waals surface area contributed by atoms with Crippen LogP contribution in [0.4, 0.5) is 13.2 Å². The minimum Gasteiger partial charge on any atom is -0.313 e. The summed E-state index contributed by atoms with van der Waals surface area (Å²) in [4.78, 5) is 0. The van der Waals surface area contributed by atoms with Crippen molar-refractivity contribution in [2.24, 2.45) is 0 Å². The Labute approximate surface area is 119 Å². The molecular formula is C16H24F3N. The Kier molecular flexibility index (Phi) is 7.06. The van der Waals surface area contributed by atoms with E-state index in [9.17, 15) is 13.2 Å². The van der Waals surface area contributed by atoms with Crippen molar-refractivity contribution in [3.05, 3.63) is 35.9 Å². The van der Waals surface area contributed by atoms with Crippen molar-refractivity contribution in [1.29, 1.82) is 0 Å². The van der Waals surface area contributed by atoms with Crippen LogP contribution in [0.3, 0.4) is 0 Å². The molecule has 2 atom stereocenters. The minimum atomic E-state index is -4.08. The zero-order valence-electron chi connectivity index (χ0n) is 12.2. The Morgan fingerprint density at radius 1 is 1.10 bits per heavy atom. The van der Waals surface area contributed by atoms with E-state index in [4.69, 9.17) is 0 Å². The number of hydrogen-bond acceptors (Lipinski definition) is 1. The second-order valence-corrected chi connectivity index (χ2v) is 5.14. The molecule has 1 aromatic carbocycles. The maximum absolute atomic E-state index is 12.5. The molecule has 0 aliphatic carbocycles. The summed E-state index contributed by atoms with van der Waals surface area (Å²) in [6.45, 7) is 4.81. The van der Waals surface area contributed by atoms with Crippen LogP contribution in [-0.4, -0.2) is 18.8 Å². The van der Waals surface area contributed by atoms with Gasteiger partial charge in [-0.05, 0) is 37.3 Å². The van der Waals surface area contributed by atoms with E-state index in [1.54, 1.807) is 0 Å². The van der Waals surface area contributed by atoms with Crippen LogP contribution in [0.15, 0.2) is 30.3 Å². The average molecular weight is 287 g/mol. The predicted molar refractivity (Wildman–Crippen MR) is 76.8 cm³/mol. The quantitative estimate of drug-likeness (QED) is 0.717. The fourth-order valence-corrected chi connectivity index (χ4v) is 2.55. The van der Waals surface area contributed by atoms with Gasteiger partial charge in [0.05, 0.1) is 0 Å². The Hall–Kier alpha value is -1.03. The Morgan fingerprint density at radius 2 is 1.75 bits per heavy atom. The van der Waals surface area contributed by atoms with Gasteiger partial charge in [-0.2, -0.15) is 13.2 Å². The maximum atomic E-state index is 12.5. The fourth-order valence-electron chi connectivity index (χ4n) is 2.55. The van der Waals surface area contributed by atoms with Gasteiger partial charge in [-0.3, -0.25) is 0 Å². The van der Waals surface area contributed by atoms with Gasteiger partial charge in [0.15, 0.2) is 0 Å². The van der Waals surface area contributed by atoms with Crippen LogP contribution in [0.2, 0.25) is 0 Å². The molecule has 0 heterocycles. The molecule has 0 saturated heterocycles. The lowest BCUT2D eigenvalue weighted by molar-refractivity contribution is -0.136. The van der Waals surface area contributed by atoms with E-state index < -0.39 is 12.6 Å². The number of benzene rings is 1. The third-order valence-electron chi connectivity index (χ3n) is 3.55. The molecule has 0 bridgehead atoms. The van der Waals surface area contributed by atoms with Crippen molar-refractivity contribution in [3.8, 4) is 0 Å². The molecule has 0 aromatic heterocycles. The first-order valence-electron chi connectivity index (χ1n) is 7.33. The lowest BCUT2D eigenvalue weighted by Crippen LogP contribution is -2.36. The van der Waals surface area contributed by atoms with E-state index in [1.807, 2.05) is 44.2 Å². The molecule has 1 N–H and O–H groups in total. The van der Waals surface area contributed by atoms with Gasteiger partial charge in [0.25, 0.3) is 0 Å². The maximum Gasteiger partial charge on any atom is 0.389 e. The molecule has 0 aliphatic heterocycles. The van der Waals surface area contributed by atoms with Gasteiger partial charge in [-0.1, -0.05) is 44.2 Å². The Morgan fingerprint density at radius 3 is 2.25 bits per heavy atom. The van der Waals surface area contributed by atoms with Crippen LogP contribution in [-0.2, 0) is 0 Å². The van der Waals surface area contributed by atoms with Gasteiger partial charge in [0, 0.05) is 12.5 Å². The van der Waals surface area contributed by atoms with Crippen LogP contribution >= 0.6 is 0 Å². The molecule has 1 aromatic rings. The molecule has 0 saturated carbocycles. The number of alkyl halides is 3. The van der Waals surface area contributed by atoms with E-state index in [0.29, 0.717) is 0 Å². The predicted octanol–water partition coefficient (Wildman–Crippen LogP) is 4.89. The monoisotopic (exact) mass is 287 g/mol. The molecule has 114 valence electrons. The van der Waals surface area contributed by atoms with Crippen molar-refractivity contribution in [1.82, 2.24) is 5.32 Å². The molecule has 0 amide bonds. The van der Waals surface area contributed by atoms with E-state index in [-0.39, 0.29) is 18.4 Å². The van der Waals surface area contributed by atoms with Gasteiger partial charge >= 0.3 is 6.18 Å². The number of rotatable bonds is 8. The first kappa shape index (κ1) is 17.0. The summed E-state index contributed by atoms with van der Waals surface area (Å²) in [7, 11) is 0. The van der Waals surface area contributed by atoms with Crippen molar-refractivity contribution < 1.29 is 13.2 Å². The second kappa shape index (κ2) is 8.30. The highest BCUT2D eigenvalue weighted by molar-refractivity contribution is 5.21.